The summed E-state index contributed by atoms with van der Waals surface area (Å²) >= 11 is 1.24. The Bertz CT molecular complexity index is 1030. The highest BCUT2D eigenvalue weighted by Gasteiger charge is 2.29. The first-order chi connectivity index (χ1) is 14.8. The zero-order valence-electron chi connectivity index (χ0n) is 18.2. The lowest BCUT2D eigenvalue weighted by Crippen LogP contribution is -2.44. The molecule has 1 saturated heterocycles. The van der Waals surface area contributed by atoms with Gasteiger partial charge in [-0.3, -0.25) is 4.79 Å². The number of rotatable bonds is 6. The van der Waals surface area contributed by atoms with Crippen molar-refractivity contribution in [2.45, 2.75) is 68.5 Å². The number of aromatic nitrogens is 1. The first kappa shape index (κ1) is 22.6. The third-order valence-electron chi connectivity index (χ3n) is 6.67. The second-order valence-electron chi connectivity index (χ2n) is 8.80. The van der Waals surface area contributed by atoms with Crippen molar-refractivity contribution >= 4 is 38.8 Å². The van der Waals surface area contributed by atoms with E-state index in [0.717, 1.165) is 32.1 Å². The molecule has 3 atom stereocenters. The Kier molecular flexibility index (Phi) is 6.93. The second-order valence-corrected chi connectivity index (χ2v) is 11.7. The van der Waals surface area contributed by atoms with Gasteiger partial charge >= 0.3 is 0 Å². The molecule has 0 spiro atoms. The number of carbonyl (C=O) groups excluding carboxylic acids is 1. The number of thioether (sulfide) groups is 1. The van der Waals surface area contributed by atoms with E-state index in [-0.39, 0.29) is 22.6 Å². The van der Waals surface area contributed by atoms with Crippen molar-refractivity contribution < 1.29 is 17.6 Å². The van der Waals surface area contributed by atoms with E-state index >= 15 is 0 Å². The van der Waals surface area contributed by atoms with Gasteiger partial charge in [0.15, 0.2) is 5.58 Å². The van der Waals surface area contributed by atoms with Gasteiger partial charge in [-0.2, -0.15) is 4.31 Å². The number of amides is 1. The van der Waals surface area contributed by atoms with Gasteiger partial charge in [0, 0.05) is 19.1 Å². The first-order valence-corrected chi connectivity index (χ1v) is 13.6. The lowest BCUT2D eigenvalue weighted by Gasteiger charge is -2.34. The van der Waals surface area contributed by atoms with Crippen LogP contribution in [0.5, 0.6) is 0 Å². The van der Waals surface area contributed by atoms with Gasteiger partial charge in [0.2, 0.25) is 15.9 Å². The molecule has 1 aromatic heterocycles. The van der Waals surface area contributed by atoms with Gasteiger partial charge in [-0.15, -0.1) is 0 Å². The summed E-state index contributed by atoms with van der Waals surface area (Å²) in [5.41, 5.74) is 1.02. The summed E-state index contributed by atoms with van der Waals surface area (Å²) in [4.78, 5) is 17.1. The van der Waals surface area contributed by atoms with Crippen LogP contribution in [0.3, 0.4) is 0 Å². The molecule has 1 aromatic carbocycles. The molecule has 1 amide bonds. The van der Waals surface area contributed by atoms with E-state index in [1.807, 2.05) is 0 Å². The molecule has 4 rings (SSSR count). The lowest BCUT2D eigenvalue weighted by molar-refractivity contribution is -0.120. The zero-order chi connectivity index (χ0) is 22.0. The SMILES string of the molecule is C[C@@H]1[C@H](C)CCC[C@@H]1NC(=O)CSc1nc2cc(S(=O)(=O)N3CCCCC3)ccc2o1. The smallest absolute Gasteiger partial charge is 0.257 e. The molecule has 2 fully saturated rings. The molecule has 2 heterocycles. The van der Waals surface area contributed by atoms with Gasteiger partial charge in [-0.1, -0.05) is 44.9 Å². The number of sulfonamides is 1. The molecule has 1 saturated carbocycles. The fourth-order valence-electron chi connectivity index (χ4n) is 4.52. The third-order valence-corrected chi connectivity index (χ3v) is 9.39. The number of nitrogens with one attached hydrogen (secondary N) is 1. The van der Waals surface area contributed by atoms with Gasteiger partial charge in [0.25, 0.3) is 5.22 Å². The minimum Gasteiger partial charge on any atom is -0.431 e. The lowest BCUT2D eigenvalue weighted by atomic mass is 9.78. The third kappa shape index (κ3) is 5.09. The average molecular weight is 466 g/mol. The van der Waals surface area contributed by atoms with Gasteiger partial charge in [0.05, 0.1) is 10.6 Å². The van der Waals surface area contributed by atoms with Crippen molar-refractivity contribution in [3.63, 3.8) is 0 Å². The Morgan fingerprint density at radius 3 is 2.74 bits per heavy atom. The van der Waals surface area contributed by atoms with Crippen LogP contribution in [-0.2, 0) is 14.8 Å². The van der Waals surface area contributed by atoms with Crippen LogP contribution in [0.2, 0.25) is 0 Å². The monoisotopic (exact) mass is 465 g/mol. The summed E-state index contributed by atoms with van der Waals surface area (Å²) in [7, 11) is -3.52. The number of fused-ring (bicyclic) bond motifs is 1. The van der Waals surface area contributed by atoms with Crippen LogP contribution in [-0.4, -0.2) is 48.5 Å². The van der Waals surface area contributed by atoms with Crippen LogP contribution in [0.15, 0.2) is 32.7 Å². The Labute approximate surface area is 188 Å². The fourth-order valence-corrected chi connectivity index (χ4v) is 6.71. The molecule has 2 aliphatic rings. The number of hydrogen-bond donors (Lipinski definition) is 1. The van der Waals surface area contributed by atoms with Crippen LogP contribution in [0, 0.1) is 11.8 Å². The molecular weight excluding hydrogens is 434 g/mol. The molecule has 31 heavy (non-hydrogen) atoms. The Morgan fingerprint density at radius 2 is 1.97 bits per heavy atom. The largest absolute Gasteiger partial charge is 0.431 e. The van der Waals surface area contributed by atoms with Crippen molar-refractivity contribution in [1.82, 2.24) is 14.6 Å². The Balaban J connectivity index is 1.39. The summed E-state index contributed by atoms with van der Waals surface area (Å²) in [5.74, 6) is 1.31. The average Bonchev–Trinajstić information content (AvgIpc) is 3.18. The van der Waals surface area contributed by atoms with Crippen LogP contribution in [0.1, 0.15) is 52.4 Å². The summed E-state index contributed by atoms with van der Waals surface area (Å²) in [5, 5.41) is 3.53. The van der Waals surface area contributed by atoms with E-state index in [1.54, 1.807) is 22.5 Å². The molecule has 1 aliphatic heterocycles. The van der Waals surface area contributed by atoms with Crippen molar-refractivity contribution in [1.29, 1.82) is 0 Å². The zero-order valence-corrected chi connectivity index (χ0v) is 19.8. The van der Waals surface area contributed by atoms with E-state index in [0.29, 0.717) is 41.2 Å². The maximum absolute atomic E-state index is 12.9. The minimum absolute atomic E-state index is 0.0217. The molecule has 170 valence electrons. The molecule has 1 N–H and O–H groups in total. The molecule has 1 aliphatic carbocycles. The Morgan fingerprint density at radius 1 is 1.19 bits per heavy atom. The molecule has 9 heteroatoms. The molecular formula is C22H31N3O4S2. The van der Waals surface area contributed by atoms with Gasteiger partial charge in [0.1, 0.15) is 5.52 Å². The summed E-state index contributed by atoms with van der Waals surface area (Å²) in [6, 6.07) is 5.01. The van der Waals surface area contributed by atoms with Gasteiger partial charge in [-0.05, 0) is 49.3 Å². The molecule has 0 unspecified atom stereocenters. The topological polar surface area (TPSA) is 92.5 Å². The van der Waals surface area contributed by atoms with E-state index in [9.17, 15) is 13.2 Å². The van der Waals surface area contributed by atoms with E-state index in [2.05, 4.69) is 24.1 Å². The van der Waals surface area contributed by atoms with E-state index in [4.69, 9.17) is 4.42 Å². The van der Waals surface area contributed by atoms with Gasteiger partial charge < -0.3 is 9.73 Å². The maximum atomic E-state index is 12.9. The summed E-state index contributed by atoms with van der Waals surface area (Å²) in [6.45, 7) is 5.58. The van der Waals surface area contributed by atoms with E-state index < -0.39 is 10.0 Å². The normalized spacial score (nSPS) is 25.5. The summed E-state index contributed by atoms with van der Waals surface area (Å²) in [6.07, 6.45) is 6.26. The molecule has 7 nitrogen and oxygen atoms in total. The highest BCUT2D eigenvalue weighted by molar-refractivity contribution is 7.99. The number of benzene rings is 1. The van der Waals surface area contributed by atoms with Crippen LogP contribution >= 0.6 is 11.8 Å². The van der Waals surface area contributed by atoms with Crippen molar-refractivity contribution in [2.75, 3.05) is 18.8 Å². The molecule has 0 bridgehead atoms. The second kappa shape index (κ2) is 9.50. The van der Waals surface area contributed by atoms with Gasteiger partial charge in [-0.25, -0.2) is 13.4 Å². The molecule has 2 aromatic rings. The summed E-state index contributed by atoms with van der Waals surface area (Å²) < 4.78 is 33.1. The number of piperidine rings is 1. The number of oxazole rings is 1. The van der Waals surface area contributed by atoms with Crippen molar-refractivity contribution in [2.24, 2.45) is 11.8 Å². The van der Waals surface area contributed by atoms with Crippen LogP contribution < -0.4 is 5.32 Å². The van der Waals surface area contributed by atoms with E-state index in [1.165, 1.54) is 18.2 Å². The highest BCUT2D eigenvalue weighted by atomic mass is 32.2. The quantitative estimate of drug-likeness (QED) is 0.648. The number of carbonyl (C=O) groups is 1. The van der Waals surface area contributed by atoms with Crippen LogP contribution in [0.25, 0.3) is 11.1 Å². The number of hydrogen-bond acceptors (Lipinski definition) is 6. The molecule has 0 radical (unpaired) electrons. The van der Waals surface area contributed by atoms with Crippen LogP contribution in [0.4, 0.5) is 0 Å². The number of nitrogens with zero attached hydrogens (tertiary/aromatic N) is 2. The fraction of sp³-hybridized carbons (Fsp3) is 0.636. The van der Waals surface area contributed by atoms with Crippen molar-refractivity contribution in [3.05, 3.63) is 18.2 Å². The standard InChI is InChI=1S/C22H31N3O4S2/c1-15-7-6-8-18(16(15)2)23-21(26)14-30-22-24-19-13-17(9-10-20(19)29-22)31(27,28)25-11-4-3-5-12-25/h9-10,13,15-16,18H,3-8,11-12,14H2,1-2H3,(H,23,26)/t15-,16-,18+/m1/s1. The van der Waals surface area contributed by atoms with Crippen molar-refractivity contribution in [3.8, 4) is 0 Å². The predicted molar refractivity (Wildman–Crippen MR) is 121 cm³/mol. The minimum atomic E-state index is -3.52. The first-order valence-electron chi connectivity index (χ1n) is 11.2. The highest BCUT2D eigenvalue weighted by Crippen LogP contribution is 2.30. The predicted octanol–water partition coefficient (Wildman–Crippen LogP) is 4.04. The maximum Gasteiger partial charge on any atom is 0.257 e. The Hall–Kier alpha value is -1.58.